The second-order valence-corrected chi connectivity index (χ2v) is 10.6. The third-order valence-corrected chi connectivity index (χ3v) is 8.09. The molecule has 1 N–H and O–H groups in total. The molecule has 3 heterocycles. The van der Waals surface area contributed by atoms with Gasteiger partial charge in [-0.15, -0.1) is 11.3 Å². The number of amides is 1. The largest absolute Gasteiger partial charge is 0.365 e. The van der Waals surface area contributed by atoms with Crippen LogP contribution in [-0.2, 0) is 24.2 Å². The maximum absolute atomic E-state index is 13.4. The molecular formula is C26H27ClN4O3S. The fourth-order valence-corrected chi connectivity index (χ4v) is 6.00. The van der Waals surface area contributed by atoms with Gasteiger partial charge in [0, 0.05) is 60.4 Å². The standard InChI is InChI=1S/C26H27ClN4O3S/c27-20-5-3-18(4-6-20)16-29-11-12-30-24-8-7-21(31(33)34)14-19(24)15-23(25(30)17-29)26(32)28-10-9-22-2-1-13-35-22/h1-8,13-14,23,25H,9-12,15-17H2,(H,28,32)/t23-,25+/m1/s1. The Labute approximate surface area is 213 Å². The molecule has 0 saturated carbocycles. The zero-order valence-electron chi connectivity index (χ0n) is 19.2. The first-order chi connectivity index (χ1) is 17.0. The van der Waals surface area contributed by atoms with E-state index >= 15 is 0 Å². The number of nitrogens with one attached hydrogen (secondary N) is 1. The zero-order valence-corrected chi connectivity index (χ0v) is 20.8. The molecule has 2 aromatic carbocycles. The van der Waals surface area contributed by atoms with Gasteiger partial charge in [0.2, 0.25) is 5.91 Å². The van der Waals surface area contributed by atoms with Crippen LogP contribution in [0.2, 0.25) is 5.02 Å². The number of non-ortho nitro benzene ring substituents is 1. The number of piperazine rings is 1. The van der Waals surface area contributed by atoms with Crippen molar-refractivity contribution in [2.45, 2.75) is 25.4 Å². The summed E-state index contributed by atoms with van der Waals surface area (Å²) in [6.07, 6.45) is 1.30. The first kappa shape index (κ1) is 23.8. The number of carbonyl (C=O) groups is 1. The third kappa shape index (κ3) is 5.34. The van der Waals surface area contributed by atoms with Crippen molar-refractivity contribution in [3.8, 4) is 0 Å². The molecule has 1 fully saturated rings. The fraction of sp³-hybridized carbons (Fsp3) is 0.346. The highest BCUT2D eigenvalue weighted by Gasteiger charge is 2.41. The summed E-state index contributed by atoms with van der Waals surface area (Å²) in [7, 11) is 0. The number of rotatable bonds is 7. The number of fused-ring (bicyclic) bond motifs is 3. The second kappa shape index (κ2) is 10.4. The van der Waals surface area contributed by atoms with Crippen molar-refractivity contribution in [2.75, 3.05) is 31.1 Å². The lowest BCUT2D eigenvalue weighted by Gasteiger charge is -2.49. The van der Waals surface area contributed by atoms with Crippen LogP contribution in [0.3, 0.4) is 0 Å². The van der Waals surface area contributed by atoms with E-state index in [1.165, 1.54) is 10.4 Å². The highest BCUT2D eigenvalue weighted by molar-refractivity contribution is 7.09. The molecule has 2 aliphatic rings. The molecule has 2 aliphatic heterocycles. The van der Waals surface area contributed by atoms with E-state index in [2.05, 4.69) is 21.2 Å². The Balaban J connectivity index is 1.35. The van der Waals surface area contributed by atoms with Crippen LogP contribution in [0.4, 0.5) is 11.4 Å². The molecule has 0 aliphatic carbocycles. The van der Waals surface area contributed by atoms with Gasteiger partial charge in [-0.1, -0.05) is 29.8 Å². The molecule has 0 spiro atoms. The Morgan fingerprint density at radius 1 is 1.17 bits per heavy atom. The smallest absolute Gasteiger partial charge is 0.269 e. The van der Waals surface area contributed by atoms with Crippen LogP contribution in [0.15, 0.2) is 60.0 Å². The molecule has 182 valence electrons. The van der Waals surface area contributed by atoms with Crippen molar-refractivity contribution < 1.29 is 9.72 Å². The quantitative estimate of drug-likeness (QED) is 0.373. The normalized spacial score (nSPS) is 19.6. The lowest BCUT2D eigenvalue weighted by atomic mass is 9.83. The van der Waals surface area contributed by atoms with Crippen molar-refractivity contribution in [3.05, 3.63) is 91.1 Å². The molecule has 3 aromatic rings. The number of nitrogens with zero attached hydrogens (tertiary/aromatic N) is 3. The number of halogens is 1. The molecule has 9 heteroatoms. The average molecular weight is 511 g/mol. The predicted molar refractivity (Wildman–Crippen MR) is 139 cm³/mol. The van der Waals surface area contributed by atoms with E-state index in [4.69, 9.17) is 11.6 Å². The number of nitro benzene ring substituents is 1. The van der Waals surface area contributed by atoms with Crippen molar-refractivity contribution in [1.82, 2.24) is 10.2 Å². The first-order valence-electron chi connectivity index (χ1n) is 11.8. The molecule has 0 unspecified atom stereocenters. The minimum atomic E-state index is -0.369. The molecule has 7 nitrogen and oxygen atoms in total. The minimum absolute atomic E-state index is 0.00624. The van der Waals surface area contributed by atoms with Crippen LogP contribution in [0.1, 0.15) is 16.0 Å². The van der Waals surface area contributed by atoms with E-state index in [9.17, 15) is 14.9 Å². The number of anilines is 1. The summed E-state index contributed by atoms with van der Waals surface area (Å²) in [6.45, 7) is 3.74. The monoisotopic (exact) mass is 510 g/mol. The van der Waals surface area contributed by atoms with Crippen LogP contribution in [0.25, 0.3) is 0 Å². The molecule has 1 saturated heterocycles. The van der Waals surface area contributed by atoms with Gasteiger partial charge in [-0.25, -0.2) is 0 Å². The second-order valence-electron chi connectivity index (χ2n) is 9.12. The number of nitro groups is 1. The number of hydrogen-bond donors (Lipinski definition) is 1. The summed E-state index contributed by atoms with van der Waals surface area (Å²) >= 11 is 7.73. The van der Waals surface area contributed by atoms with Crippen molar-refractivity contribution in [1.29, 1.82) is 0 Å². The lowest BCUT2D eigenvalue weighted by molar-refractivity contribution is -0.384. The van der Waals surface area contributed by atoms with Crippen LogP contribution in [0, 0.1) is 16.0 Å². The van der Waals surface area contributed by atoms with Crippen molar-refractivity contribution >= 4 is 40.2 Å². The Morgan fingerprint density at radius 2 is 2.00 bits per heavy atom. The molecule has 1 aromatic heterocycles. The minimum Gasteiger partial charge on any atom is -0.365 e. The summed E-state index contributed by atoms with van der Waals surface area (Å²) < 4.78 is 0. The highest BCUT2D eigenvalue weighted by atomic mass is 35.5. The lowest BCUT2D eigenvalue weighted by Crippen LogP contribution is -2.61. The predicted octanol–water partition coefficient (Wildman–Crippen LogP) is 4.53. The summed E-state index contributed by atoms with van der Waals surface area (Å²) in [5.41, 5.74) is 3.14. The van der Waals surface area contributed by atoms with E-state index < -0.39 is 0 Å². The Hall–Kier alpha value is -2.94. The van der Waals surface area contributed by atoms with E-state index in [0.29, 0.717) is 13.0 Å². The zero-order chi connectivity index (χ0) is 24.4. The first-order valence-corrected chi connectivity index (χ1v) is 13.0. The summed E-state index contributed by atoms with van der Waals surface area (Å²) in [6, 6.07) is 17.0. The van der Waals surface area contributed by atoms with Gasteiger partial charge in [-0.05, 0) is 53.6 Å². The Bertz CT molecular complexity index is 1200. The van der Waals surface area contributed by atoms with Gasteiger partial charge in [-0.2, -0.15) is 0 Å². The Kier molecular flexibility index (Phi) is 7.04. The molecule has 0 radical (unpaired) electrons. The van der Waals surface area contributed by atoms with E-state index in [0.717, 1.165) is 48.9 Å². The number of carbonyl (C=O) groups excluding carboxylic acids is 1. The number of hydrogen-bond acceptors (Lipinski definition) is 6. The van der Waals surface area contributed by atoms with Crippen LogP contribution < -0.4 is 10.2 Å². The summed E-state index contributed by atoms with van der Waals surface area (Å²) in [4.78, 5) is 30.3. The maximum Gasteiger partial charge on any atom is 0.269 e. The topological polar surface area (TPSA) is 78.7 Å². The molecular weight excluding hydrogens is 484 g/mol. The van der Waals surface area contributed by atoms with Crippen molar-refractivity contribution in [3.63, 3.8) is 0 Å². The van der Waals surface area contributed by atoms with E-state index in [1.807, 2.05) is 41.8 Å². The van der Waals surface area contributed by atoms with Gasteiger partial charge in [-0.3, -0.25) is 19.8 Å². The molecule has 2 atom stereocenters. The summed E-state index contributed by atoms with van der Waals surface area (Å²) in [5, 5.41) is 17.3. The van der Waals surface area contributed by atoms with Gasteiger partial charge in [0.1, 0.15) is 0 Å². The van der Waals surface area contributed by atoms with Crippen LogP contribution in [0.5, 0.6) is 0 Å². The van der Waals surface area contributed by atoms with Gasteiger partial charge in [0.15, 0.2) is 0 Å². The van der Waals surface area contributed by atoms with Crippen LogP contribution in [-0.4, -0.2) is 48.0 Å². The van der Waals surface area contributed by atoms with Crippen molar-refractivity contribution in [2.24, 2.45) is 5.92 Å². The molecule has 35 heavy (non-hydrogen) atoms. The van der Waals surface area contributed by atoms with Gasteiger partial charge in [0.05, 0.1) is 16.9 Å². The van der Waals surface area contributed by atoms with E-state index in [-0.39, 0.29) is 28.5 Å². The third-order valence-electron chi connectivity index (χ3n) is 6.90. The van der Waals surface area contributed by atoms with Gasteiger partial charge in [0.25, 0.3) is 5.69 Å². The van der Waals surface area contributed by atoms with E-state index in [1.54, 1.807) is 23.5 Å². The molecule has 1 amide bonds. The Morgan fingerprint density at radius 3 is 2.74 bits per heavy atom. The molecule has 0 bridgehead atoms. The maximum atomic E-state index is 13.4. The summed E-state index contributed by atoms with van der Waals surface area (Å²) in [5.74, 6) is -0.261. The molecule has 5 rings (SSSR count). The average Bonchev–Trinajstić information content (AvgIpc) is 3.38. The number of benzene rings is 2. The fourth-order valence-electron chi connectivity index (χ4n) is 5.17. The van der Waals surface area contributed by atoms with Gasteiger partial charge >= 0.3 is 0 Å². The van der Waals surface area contributed by atoms with Crippen LogP contribution >= 0.6 is 22.9 Å². The number of thiophene rings is 1. The highest BCUT2D eigenvalue weighted by Crippen LogP contribution is 2.38. The van der Waals surface area contributed by atoms with Gasteiger partial charge < -0.3 is 10.2 Å². The SMILES string of the molecule is O=C(NCCc1cccs1)[C@@H]1Cc2cc([N+](=O)[O-])ccc2N2CCN(Cc3ccc(Cl)cc3)C[C@@H]12.